The molecule has 0 unspecified atom stereocenters. The van der Waals surface area contributed by atoms with Crippen LogP contribution in [0.15, 0.2) is 12.1 Å². The predicted octanol–water partition coefficient (Wildman–Crippen LogP) is 4.26. The highest BCUT2D eigenvalue weighted by Gasteiger charge is 2.09. The molecular formula is C14H21IO2. The van der Waals surface area contributed by atoms with Gasteiger partial charge in [-0.3, -0.25) is 0 Å². The van der Waals surface area contributed by atoms with Gasteiger partial charge in [0.25, 0.3) is 0 Å². The Kier molecular flexibility index (Phi) is 6.89. The zero-order valence-electron chi connectivity index (χ0n) is 10.9. The minimum Gasteiger partial charge on any atom is -0.467 e. The number of alkyl halides is 1. The van der Waals surface area contributed by atoms with Gasteiger partial charge in [-0.05, 0) is 37.0 Å². The van der Waals surface area contributed by atoms with E-state index in [1.54, 1.807) is 7.11 Å². The van der Waals surface area contributed by atoms with Crippen molar-refractivity contribution < 1.29 is 9.47 Å². The molecule has 96 valence electrons. The highest BCUT2D eigenvalue weighted by Crippen LogP contribution is 2.28. The first-order valence-electron chi connectivity index (χ1n) is 6.03. The maximum absolute atomic E-state index is 5.59. The molecule has 0 aliphatic rings. The molecule has 1 aromatic rings. The molecule has 0 saturated heterocycles. The van der Waals surface area contributed by atoms with E-state index in [9.17, 15) is 0 Å². The smallest absolute Gasteiger partial charge is 0.188 e. The average molecular weight is 348 g/mol. The number of hydrogen-bond acceptors (Lipinski definition) is 2. The van der Waals surface area contributed by atoms with Crippen LogP contribution in [0.2, 0.25) is 0 Å². The molecule has 2 nitrogen and oxygen atoms in total. The molecule has 0 saturated carbocycles. The van der Waals surface area contributed by atoms with Crippen LogP contribution in [-0.2, 0) is 15.6 Å². The molecule has 0 atom stereocenters. The molecule has 0 aliphatic heterocycles. The lowest BCUT2D eigenvalue weighted by atomic mass is 9.98. The van der Waals surface area contributed by atoms with E-state index >= 15 is 0 Å². The van der Waals surface area contributed by atoms with Gasteiger partial charge in [0.15, 0.2) is 6.79 Å². The number of halogens is 1. The molecule has 17 heavy (non-hydrogen) atoms. The van der Waals surface area contributed by atoms with Crippen LogP contribution in [0, 0.1) is 6.92 Å². The summed E-state index contributed by atoms with van der Waals surface area (Å²) in [6.07, 6.45) is 3.65. The summed E-state index contributed by atoms with van der Waals surface area (Å²) in [6, 6.07) is 4.26. The average Bonchev–Trinajstić information content (AvgIpc) is 2.35. The van der Waals surface area contributed by atoms with E-state index in [-0.39, 0.29) is 0 Å². The molecule has 0 amide bonds. The maximum atomic E-state index is 5.59. The van der Waals surface area contributed by atoms with Crippen LogP contribution in [0.5, 0.6) is 5.75 Å². The van der Waals surface area contributed by atoms with Crippen molar-refractivity contribution in [3.63, 3.8) is 0 Å². The third kappa shape index (κ3) is 4.14. The van der Waals surface area contributed by atoms with Crippen LogP contribution in [0.4, 0.5) is 0 Å². The van der Waals surface area contributed by atoms with Crippen molar-refractivity contribution in [3.05, 3.63) is 28.8 Å². The third-order valence-corrected chi connectivity index (χ3v) is 3.70. The summed E-state index contributed by atoms with van der Waals surface area (Å²) in [4.78, 5) is 0. The molecule has 0 fully saturated rings. The largest absolute Gasteiger partial charge is 0.467 e. The van der Waals surface area contributed by atoms with E-state index in [1.165, 1.54) is 29.5 Å². The van der Waals surface area contributed by atoms with Crippen LogP contribution in [0.1, 0.15) is 36.5 Å². The van der Waals surface area contributed by atoms with Crippen molar-refractivity contribution >= 4 is 22.6 Å². The van der Waals surface area contributed by atoms with Gasteiger partial charge in [0, 0.05) is 17.1 Å². The standard InChI is InChI=1S/C14H21IO2/c1-4-5-6-12-7-8-14(17-10-16-3)13(9-15)11(12)2/h7-8H,4-6,9-10H2,1-3H3. The van der Waals surface area contributed by atoms with Gasteiger partial charge in [0.2, 0.25) is 0 Å². The number of benzene rings is 1. The minimum absolute atomic E-state index is 0.317. The zero-order valence-corrected chi connectivity index (χ0v) is 13.0. The zero-order chi connectivity index (χ0) is 12.7. The molecule has 0 bridgehead atoms. The van der Waals surface area contributed by atoms with Crippen molar-refractivity contribution in [2.24, 2.45) is 0 Å². The van der Waals surface area contributed by atoms with E-state index in [4.69, 9.17) is 9.47 Å². The minimum atomic E-state index is 0.317. The molecule has 3 heteroatoms. The Morgan fingerprint density at radius 3 is 2.65 bits per heavy atom. The van der Waals surface area contributed by atoms with Gasteiger partial charge in [0.05, 0.1) is 0 Å². The Bertz CT molecular complexity index is 350. The summed E-state index contributed by atoms with van der Waals surface area (Å²) in [5.41, 5.74) is 4.13. The second kappa shape index (κ2) is 7.93. The molecule has 0 heterocycles. The fourth-order valence-electron chi connectivity index (χ4n) is 1.84. The van der Waals surface area contributed by atoms with Gasteiger partial charge in [-0.15, -0.1) is 0 Å². The number of ether oxygens (including phenoxy) is 2. The van der Waals surface area contributed by atoms with Gasteiger partial charge in [-0.1, -0.05) is 42.0 Å². The van der Waals surface area contributed by atoms with Gasteiger partial charge in [-0.2, -0.15) is 0 Å². The molecule has 1 aromatic carbocycles. The summed E-state index contributed by atoms with van der Waals surface area (Å²) in [5, 5.41) is 0. The Morgan fingerprint density at radius 1 is 1.29 bits per heavy atom. The lowest BCUT2D eigenvalue weighted by Crippen LogP contribution is -2.04. The van der Waals surface area contributed by atoms with E-state index in [0.717, 1.165) is 16.6 Å². The normalized spacial score (nSPS) is 10.6. The molecule has 0 spiro atoms. The van der Waals surface area contributed by atoms with E-state index in [1.807, 2.05) is 0 Å². The van der Waals surface area contributed by atoms with Gasteiger partial charge < -0.3 is 9.47 Å². The molecule has 0 aliphatic carbocycles. The van der Waals surface area contributed by atoms with Crippen molar-refractivity contribution in [3.8, 4) is 5.75 Å². The molecular weight excluding hydrogens is 327 g/mol. The summed E-state index contributed by atoms with van der Waals surface area (Å²) in [7, 11) is 1.65. The van der Waals surface area contributed by atoms with Gasteiger partial charge in [-0.25, -0.2) is 0 Å². The van der Waals surface area contributed by atoms with Gasteiger partial charge in [0.1, 0.15) is 5.75 Å². The molecule has 0 N–H and O–H groups in total. The lowest BCUT2D eigenvalue weighted by Gasteiger charge is -2.15. The summed E-state index contributed by atoms with van der Waals surface area (Å²) in [6.45, 7) is 4.74. The second-order valence-electron chi connectivity index (χ2n) is 4.11. The summed E-state index contributed by atoms with van der Waals surface area (Å²) >= 11 is 2.39. The quantitative estimate of drug-likeness (QED) is 0.417. The fourth-order valence-corrected chi connectivity index (χ4v) is 2.79. The van der Waals surface area contributed by atoms with Crippen molar-refractivity contribution in [1.29, 1.82) is 0 Å². The van der Waals surface area contributed by atoms with Crippen molar-refractivity contribution in [2.75, 3.05) is 13.9 Å². The van der Waals surface area contributed by atoms with Crippen molar-refractivity contribution in [2.45, 2.75) is 37.5 Å². The van der Waals surface area contributed by atoms with Crippen LogP contribution in [0.25, 0.3) is 0 Å². The van der Waals surface area contributed by atoms with Crippen LogP contribution in [0.3, 0.4) is 0 Å². The van der Waals surface area contributed by atoms with Crippen molar-refractivity contribution in [1.82, 2.24) is 0 Å². The first kappa shape index (κ1) is 14.8. The van der Waals surface area contributed by atoms with E-state index < -0.39 is 0 Å². The SMILES string of the molecule is CCCCc1ccc(OCOC)c(CI)c1C. The Labute approximate surface area is 118 Å². The highest BCUT2D eigenvalue weighted by molar-refractivity contribution is 14.1. The number of hydrogen-bond donors (Lipinski definition) is 0. The predicted molar refractivity (Wildman–Crippen MR) is 80.0 cm³/mol. The van der Waals surface area contributed by atoms with Gasteiger partial charge >= 0.3 is 0 Å². The Balaban J connectivity index is 2.91. The molecule has 1 rings (SSSR count). The monoisotopic (exact) mass is 348 g/mol. The van der Waals surface area contributed by atoms with E-state index in [0.29, 0.717) is 6.79 Å². The van der Waals surface area contributed by atoms with Crippen LogP contribution >= 0.6 is 22.6 Å². The van der Waals surface area contributed by atoms with Crippen LogP contribution in [-0.4, -0.2) is 13.9 Å². The Hall–Kier alpha value is -0.290. The Morgan fingerprint density at radius 2 is 2.06 bits per heavy atom. The second-order valence-corrected chi connectivity index (χ2v) is 4.88. The molecule has 0 aromatic heterocycles. The first-order valence-corrected chi connectivity index (χ1v) is 7.56. The first-order chi connectivity index (χ1) is 8.24. The maximum Gasteiger partial charge on any atom is 0.188 e. The topological polar surface area (TPSA) is 18.5 Å². The molecule has 0 radical (unpaired) electrons. The number of aryl methyl sites for hydroxylation is 1. The summed E-state index contributed by atoms with van der Waals surface area (Å²) in [5.74, 6) is 0.957. The number of unbranched alkanes of at least 4 members (excludes halogenated alkanes) is 1. The van der Waals surface area contributed by atoms with E-state index in [2.05, 4.69) is 48.6 Å². The number of methoxy groups -OCH3 is 1. The third-order valence-electron chi connectivity index (χ3n) is 2.93. The summed E-state index contributed by atoms with van der Waals surface area (Å²) < 4.78 is 11.5. The highest BCUT2D eigenvalue weighted by atomic mass is 127. The lowest BCUT2D eigenvalue weighted by molar-refractivity contribution is 0.0505. The number of rotatable bonds is 7. The van der Waals surface area contributed by atoms with Crippen LogP contribution < -0.4 is 4.74 Å². The fraction of sp³-hybridized carbons (Fsp3) is 0.571.